The third-order valence-electron chi connectivity index (χ3n) is 3.49. The maximum Gasteiger partial charge on any atom is 0.330 e. The Hall–Kier alpha value is -1.46. The van der Waals surface area contributed by atoms with Crippen molar-refractivity contribution in [1.82, 2.24) is 0 Å². The van der Waals surface area contributed by atoms with E-state index in [9.17, 15) is 14.7 Å². The van der Waals surface area contributed by atoms with Gasteiger partial charge in [-0.05, 0) is 37.1 Å². The van der Waals surface area contributed by atoms with Gasteiger partial charge in [0, 0.05) is 21.7 Å². The first-order valence-corrected chi connectivity index (χ1v) is 7.50. The molecule has 1 rings (SSSR count). The fraction of sp³-hybridized carbons (Fsp3) is 0.375. The molecule has 0 aliphatic carbocycles. The Balaban J connectivity index is 3.30. The minimum Gasteiger partial charge on any atom is -0.466 e. The minimum atomic E-state index is -1.35. The first-order chi connectivity index (χ1) is 9.87. The van der Waals surface area contributed by atoms with Gasteiger partial charge in [-0.3, -0.25) is 4.79 Å². The van der Waals surface area contributed by atoms with E-state index in [2.05, 4.69) is 20.7 Å². The summed E-state index contributed by atoms with van der Waals surface area (Å²) in [5.74, 6) is -1.03. The number of halogens is 1. The highest BCUT2D eigenvalue weighted by Crippen LogP contribution is 2.28. The van der Waals surface area contributed by atoms with Crippen molar-refractivity contribution in [1.29, 1.82) is 0 Å². The van der Waals surface area contributed by atoms with Gasteiger partial charge in [0.25, 0.3) is 0 Å². The third-order valence-corrected chi connectivity index (χ3v) is 4.01. The molecule has 0 saturated carbocycles. The maximum absolute atomic E-state index is 12.6. The van der Waals surface area contributed by atoms with E-state index >= 15 is 0 Å². The first-order valence-electron chi connectivity index (χ1n) is 6.70. The summed E-state index contributed by atoms with van der Waals surface area (Å²) in [6.45, 7) is 3.53. The topological polar surface area (TPSA) is 63.6 Å². The van der Waals surface area contributed by atoms with Crippen LogP contribution in [0.2, 0.25) is 0 Å². The molecular weight excluding hydrogens is 336 g/mol. The molecule has 0 saturated heterocycles. The number of hydrogen-bond donors (Lipinski definition) is 1. The summed E-state index contributed by atoms with van der Waals surface area (Å²) < 4.78 is 5.43. The molecule has 0 atom stereocenters. The summed E-state index contributed by atoms with van der Waals surface area (Å²) >= 11 is 3.30. The molecule has 0 aliphatic rings. The van der Waals surface area contributed by atoms with Gasteiger partial charge in [-0.2, -0.15) is 0 Å². The SMILES string of the molecule is CCC(O)(CC)/C(=C/C(=O)OC)C(=O)c1ccc(Br)cc1. The van der Waals surface area contributed by atoms with Crippen LogP contribution in [0, 0.1) is 0 Å². The molecule has 0 bridgehead atoms. The van der Waals surface area contributed by atoms with Crippen LogP contribution in [0.4, 0.5) is 0 Å². The number of Topliss-reactive ketones (excluding diaryl/α,β-unsaturated/α-hetero) is 1. The average molecular weight is 355 g/mol. The summed E-state index contributed by atoms with van der Waals surface area (Å²) in [5, 5.41) is 10.6. The number of hydrogen-bond acceptors (Lipinski definition) is 4. The van der Waals surface area contributed by atoms with Gasteiger partial charge >= 0.3 is 5.97 Å². The fourth-order valence-electron chi connectivity index (χ4n) is 1.98. The average Bonchev–Trinajstić information content (AvgIpc) is 2.51. The van der Waals surface area contributed by atoms with Gasteiger partial charge in [0.15, 0.2) is 5.78 Å². The largest absolute Gasteiger partial charge is 0.466 e. The van der Waals surface area contributed by atoms with Crippen LogP contribution in [-0.2, 0) is 9.53 Å². The standard InChI is InChI=1S/C16H19BrO4/c1-4-16(20,5-2)13(10-14(18)21-3)15(19)11-6-8-12(17)9-7-11/h6-10,20H,4-5H2,1-3H3/b13-10+. The van der Waals surface area contributed by atoms with Crippen molar-refractivity contribution in [2.24, 2.45) is 0 Å². The van der Waals surface area contributed by atoms with Gasteiger partial charge in [-0.25, -0.2) is 4.79 Å². The first kappa shape index (κ1) is 17.6. The van der Waals surface area contributed by atoms with E-state index in [1.54, 1.807) is 38.1 Å². The highest BCUT2D eigenvalue weighted by Gasteiger charge is 2.33. The van der Waals surface area contributed by atoms with E-state index in [1.165, 1.54) is 7.11 Å². The van der Waals surface area contributed by atoms with Gasteiger partial charge < -0.3 is 9.84 Å². The molecule has 21 heavy (non-hydrogen) atoms. The second-order valence-electron chi connectivity index (χ2n) is 4.66. The molecule has 0 radical (unpaired) electrons. The summed E-state index contributed by atoms with van der Waals surface area (Å²) in [6.07, 6.45) is 1.74. The Labute approximate surface area is 132 Å². The molecule has 1 N–H and O–H groups in total. The Morgan fingerprint density at radius 2 is 1.76 bits per heavy atom. The zero-order valence-electron chi connectivity index (χ0n) is 12.4. The highest BCUT2D eigenvalue weighted by molar-refractivity contribution is 9.10. The van der Waals surface area contributed by atoms with Crippen molar-refractivity contribution in [3.63, 3.8) is 0 Å². The van der Waals surface area contributed by atoms with Crippen molar-refractivity contribution in [3.8, 4) is 0 Å². The number of esters is 1. The van der Waals surface area contributed by atoms with E-state index in [1.807, 2.05) is 0 Å². The molecule has 0 fully saturated rings. The summed E-state index contributed by atoms with van der Waals surface area (Å²) in [6, 6.07) is 6.76. The lowest BCUT2D eigenvalue weighted by Gasteiger charge is -2.27. The van der Waals surface area contributed by atoms with E-state index in [0.29, 0.717) is 18.4 Å². The maximum atomic E-state index is 12.6. The van der Waals surface area contributed by atoms with Crippen molar-refractivity contribution < 1.29 is 19.4 Å². The molecule has 0 aromatic heterocycles. The predicted octanol–water partition coefficient (Wildman–Crippen LogP) is 3.28. The molecule has 0 aliphatic heterocycles. The van der Waals surface area contributed by atoms with E-state index in [4.69, 9.17) is 0 Å². The van der Waals surface area contributed by atoms with Gasteiger partial charge in [-0.1, -0.05) is 29.8 Å². The van der Waals surface area contributed by atoms with Crippen molar-refractivity contribution in [2.75, 3.05) is 7.11 Å². The second-order valence-corrected chi connectivity index (χ2v) is 5.57. The number of ether oxygens (including phenoxy) is 1. The van der Waals surface area contributed by atoms with Gasteiger partial charge in [0.1, 0.15) is 0 Å². The molecular formula is C16H19BrO4. The number of carbonyl (C=O) groups excluding carboxylic acids is 2. The van der Waals surface area contributed by atoms with E-state index in [0.717, 1.165) is 10.5 Å². The quantitative estimate of drug-likeness (QED) is 0.483. The Kier molecular flexibility index (Phi) is 6.30. The summed E-state index contributed by atoms with van der Waals surface area (Å²) in [5.41, 5.74) is -0.881. The van der Waals surface area contributed by atoms with Crippen LogP contribution < -0.4 is 0 Å². The number of ketones is 1. The van der Waals surface area contributed by atoms with Crippen molar-refractivity contribution >= 4 is 27.7 Å². The Morgan fingerprint density at radius 3 is 2.19 bits per heavy atom. The highest BCUT2D eigenvalue weighted by atomic mass is 79.9. The van der Waals surface area contributed by atoms with Crippen molar-refractivity contribution in [2.45, 2.75) is 32.3 Å². The molecule has 0 amide bonds. The van der Waals surface area contributed by atoms with Crippen LogP contribution in [0.3, 0.4) is 0 Å². The van der Waals surface area contributed by atoms with Gasteiger partial charge in [-0.15, -0.1) is 0 Å². The lowest BCUT2D eigenvalue weighted by Crippen LogP contribution is -2.34. The van der Waals surface area contributed by atoms with Crippen LogP contribution >= 0.6 is 15.9 Å². The summed E-state index contributed by atoms with van der Waals surface area (Å²) in [4.78, 5) is 24.1. The molecule has 0 spiro atoms. The molecule has 0 unspecified atom stereocenters. The van der Waals surface area contributed by atoms with Crippen LogP contribution in [0.25, 0.3) is 0 Å². The molecule has 5 heteroatoms. The van der Waals surface area contributed by atoms with Crippen LogP contribution in [0.1, 0.15) is 37.0 Å². The zero-order valence-corrected chi connectivity index (χ0v) is 13.9. The second kappa shape index (κ2) is 7.52. The Morgan fingerprint density at radius 1 is 1.24 bits per heavy atom. The lowest BCUT2D eigenvalue weighted by molar-refractivity contribution is -0.135. The number of methoxy groups -OCH3 is 1. The fourth-order valence-corrected chi connectivity index (χ4v) is 2.24. The molecule has 1 aromatic rings. The van der Waals surface area contributed by atoms with Crippen molar-refractivity contribution in [3.05, 3.63) is 46.0 Å². The predicted molar refractivity (Wildman–Crippen MR) is 84.1 cm³/mol. The van der Waals surface area contributed by atoms with Crippen LogP contribution in [-0.4, -0.2) is 29.6 Å². The normalized spacial score (nSPS) is 12.1. The number of aliphatic hydroxyl groups is 1. The molecule has 0 heterocycles. The Bertz CT molecular complexity index is 542. The van der Waals surface area contributed by atoms with Gasteiger partial charge in [0.05, 0.1) is 12.7 Å². The van der Waals surface area contributed by atoms with Gasteiger partial charge in [0.2, 0.25) is 0 Å². The number of carbonyl (C=O) groups is 2. The summed E-state index contributed by atoms with van der Waals surface area (Å²) in [7, 11) is 1.23. The van der Waals surface area contributed by atoms with Crippen LogP contribution in [0.5, 0.6) is 0 Å². The van der Waals surface area contributed by atoms with Crippen LogP contribution in [0.15, 0.2) is 40.4 Å². The molecule has 114 valence electrons. The molecule has 4 nitrogen and oxygen atoms in total. The van der Waals surface area contributed by atoms with E-state index in [-0.39, 0.29) is 11.4 Å². The smallest absolute Gasteiger partial charge is 0.330 e. The zero-order chi connectivity index (χ0) is 16.0. The third kappa shape index (κ3) is 4.25. The van der Waals surface area contributed by atoms with E-state index < -0.39 is 11.6 Å². The number of benzene rings is 1. The minimum absolute atomic E-state index is 0.0571. The monoisotopic (exact) mass is 354 g/mol. The molecule has 1 aromatic carbocycles. The lowest BCUT2D eigenvalue weighted by atomic mass is 9.83. The number of rotatable bonds is 6.